The van der Waals surface area contributed by atoms with Gasteiger partial charge in [-0.2, -0.15) is 0 Å². The summed E-state index contributed by atoms with van der Waals surface area (Å²) < 4.78 is 13.8. The maximum absolute atomic E-state index is 12.3. The lowest BCUT2D eigenvalue weighted by atomic mass is 10.1. The molecule has 0 aliphatic carbocycles. The molecule has 25 heavy (non-hydrogen) atoms. The number of aromatic nitrogens is 2. The third kappa shape index (κ3) is 2.46. The van der Waals surface area contributed by atoms with Gasteiger partial charge in [0.05, 0.1) is 40.9 Å². The quantitative estimate of drug-likeness (QED) is 0.731. The van der Waals surface area contributed by atoms with Crippen molar-refractivity contribution in [3.8, 4) is 22.9 Å². The van der Waals surface area contributed by atoms with E-state index < -0.39 is 0 Å². The van der Waals surface area contributed by atoms with Crippen molar-refractivity contribution in [2.75, 3.05) is 20.8 Å². The number of carbonyl (C=O) groups is 1. The highest BCUT2D eigenvalue weighted by molar-refractivity contribution is 9.10. The van der Waals surface area contributed by atoms with Gasteiger partial charge < -0.3 is 19.4 Å². The van der Waals surface area contributed by atoms with E-state index in [9.17, 15) is 4.79 Å². The van der Waals surface area contributed by atoms with Gasteiger partial charge in [0.1, 0.15) is 17.3 Å². The van der Waals surface area contributed by atoms with Crippen molar-refractivity contribution >= 4 is 32.9 Å². The van der Waals surface area contributed by atoms with Crippen molar-refractivity contribution in [2.24, 2.45) is 0 Å². The molecule has 0 unspecified atom stereocenters. The lowest BCUT2D eigenvalue weighted by Gasteiger charge is -2.13. The molecule has 2 heterocycles. The van der Waals surface area contributed by atoms with Crippen molar-refractivity contribution in [1.82, 2.24) is 14.9 Å². The third-order valence-electron chi connectivity index (χ3n) is 4.35. The number of carbonyl (C=O) groups excluding carboxylic acids is 1. The van der Waals surface area contributed by atoms with Gasteiger partial charge in [-0.15, -0.1) is 0 Å². The minimum absolute atomic E-state index is 0.0707. The second kappa shape index (κ2) is 6.07. The first-order valence-electron chi connectivity index (χ1n) is 7.83. The van der Waals surface area contributed by atoms with E-state index in [1.807, 2.05) is 30.3 Å². The van der Waals surface area contributed by atoms with Crippen LogP contribution in [0.15, 0.2) is 34.8 Å². The molecule has 1 aliphatic heterocycles. The number of benzene rings is 2. The minimum Gasteiger partial charge on any atom is -0.496 e. The summed E-state index contributed by atoms with van der Waals surface area (Å²) in [6, 6.07) is 9.36. The van der Waals surface area contributed by atoms with Crippen molar-refractivity contribution in [3.05, 3.63) is 40.4 Å². The van der Waals surface area contributed by atoms with Crippen LogP contribution in [-0.4, -0.2) is 36.2 Å². The summed E-state index contributed by atoms with van der Waals surface area (Å²) >= 11 is 3.53. The summed E-state index contributed by atoms with van der Waals surface area (Å²) in [5.74, 6) is 2.04. The Balaban J connectivity index is 2.03. The van der Waals surface area contributed by atoms with Gasteiger partial charge in [0, 0.05) is 19.2 Å². The summed E-state index contributed by atoms with van der Waals surface area (Å²) in [6.45, 7) is 1.19. The Morgan fingerprint density at radius 2 is 1.96 bits per heavy atom. The van der Waals surface area contributed by atoms with Crippen LogP contribution in [0.1, 0.15) is 10.4 Å². The van der Waals surface area contributed by atoms with Crippen LogP contribution in [0, 0.1) is 0 Å². The Kier molecular flexibility index (Phi) is 3.88. The zero-order valence-electron chi connectivity index (χ0n) is 13.8. The number of methoxy groups -OCH3 is 2. The molecule has 1 amide bonds. The van der Waals surface area contributed by atoms with E-state index in [4.69, 9.17) is 14.5 Å². The first-order valence-corrected chi connectivity index (χ1v) is 8.62. The molecule has 6 nitrogen and oxygen atoms in total. The third-order valence-corrected chi connectivity index (χ3v) is 4.97. The minimum atomic E-state index is -0.0707. The van der Waals surface area contributed by atoms with E-state index in [1.54, 1.807) is 14.2 Å². The summed E-state index contributed by atoms with van der Waals surface area (Å²) in [6.07, 6.45) is 0. The Morgan fingerprint density at radius 1 is 1.16 bits per heavy atom. The lowest BCUT2D eigenvalue weighted by molar-refractivity contribution is 0.0956. The van der Waals surface area contributed by atoms with Crippen LogP contribution in [0.2, 0.25) is 0 Å². The number of ether oxygens (including phenoxy) is 2. The molecule has 3 aromatic rings. The molecule has 0 atom stereocenters. The number of nitrogens with zero attached hydrogens (tertiary/aromatic N) is 2. The fourth-order valence-corrected chi connectivity index (χ4v) is 3.71. The Bertz CT molecular complexity index is 997. The molecular weight excluding hydrogens is 386 g/mol. The molecule has 4 rings (SSSR count). The highest BCUT2D eigenvalue weighted by Crippen LogP contribution is 2.39. The molecule has 2 aromatic carbocycles. The van der Waals surface area contributed by atoms with E-state index in [0.717, 1.165) is 26.9 Å². The van der Waals surface area contributed by atoms with Gasteiger partial charge in [-0.3, -0.25) is 4.79 Å². The summed E-state index contributed by atoms with van der Waals surface area (Å²) in [4.78, 5) is 17.1. The fourth-order valence-electron chi connectivity index (χ4n) is 3.20. The van der Waals surface area contributed by atoms with Crippen LogP contribution in [0.4, 0.5) is 0 Å². The molecular formula is C18H16BrN3O3. The predicted octanol–water partition coefficient (Wildman–Crippen LogP) is 3.23. The van der Waals surface area contributed by atoms with Crippen LogP contribution in [0.5, 0.6) is 11.5 Å². The van der Waals surface area contributed by atoms with Gasteiger partial charge in [-0.05, 0) is 34.1 Å². The smallest absolute Gasteiger partial charge is 0.253 e. The van der Waals surface area contributed by atoms with Crippen molar-refractivity contribution in [3.63, 3.8) is 0 Å². The van der Waals surface area contributed by atoms with Crippen LogP contribution in [0.25, 0.3) is 22.4 Å². The molecule has 0 bridgehead atoms. The van der Waals surface area contributed by atoms with Crippen LogP contribution in [0.3, 0.4) is 0 Å². The number of hydrogen-bond donors (Lipinski definition) is 1. The van der Waals surface area contributed by atoms with Crippen LogP contribution in [-0.2, 0) is 6.54 Å². The van der Waals surface area contributed by atoms with E-state index in [2.05, 4.69) is 25.8 Å². The van der Waals surface area contributed by atoms with E-state index in [0.29, 0.717) is 30.2 Å². The molecule has 7 heteroatoms. The maximum Gasteiger partial charge on any atom is 0.253 e. The molecule has 1 N–H and O–H groups in total. The summed E-state index contributed by atoms with van der Waals surface area (Å²) in [7, 11) is 3.23. The second-order valence-electron chi connectivity index (χ2n) is 5.70. The molecule has 0 saturated carbocycles. The number of nitrogens with one attached hydrogen (secondary N) is 1. The van der Waals surface area contributed by atoms with Crippen LogP contribution >= 0.6 is 15.9 Å². The van der Waals surface area contributed by atoms with Crippen molar-refractivity contribution < 1.29 is 14.3 Å². The molecule has 1 aromatic heterocycles. The Labute approximate surface area is 152 Å². The van der Waals surface area contributed by atoms with E-state index in [1.165, 1.54) is 0 Å². The summed E-state index contributed by atoms with van der Waals surface area (Å²) in [5, 5.41) is 2.93. The molecule has 0 fully saturated rings. The van der Waals surface area contributed by atoms with Crippen molar-refractivity contribution in [2.45, 2.75) is 6.54 Å². The number of para-hydroxylation sites is 1. The fraction of sp³-hybridized carbons (Fsp3) is 0.222. The second-order valence-corrected chi connectivity index (χ2v) is 6.56. The first-order chi connectivity index (χ1) is 12.1. The van der Waals surface area contributed by atoms with Crippen molar-refractivity contribution in [1.29, 1.82) is 0 Å². The SMILES string of the molecule is COc1cc(OC)c(-c2nc3cccc4c3n2CCNC4=O)cc1Br. The van der Waals surface area contributed by atoms with Gasteiger partial charge >= 0.3 is 0 Å². The average molecular weight is 402 g/mol. The largest absolute Gasteiger partial charge is 0.496 e. The Morgan fingerprint density at radius 3 is 2.72 bits per heavy atom. The highest BCUT2D eigenvalue weighted by atomic mass is 79.9. The Hall–Kier alpha value is -2.54. The van der Waals surface area contributed by atoms with Crippen LogP contribution < -0.4 is 14.8 Å². The van der Waals surface area contributed by atoms with Gasteiger partial charge in [0.2, 0.25) is 0 Å². The molecule has 128 valence electrons. The van der Waals surface area contributed by atoms with E-state index >= 15 is 0 Å². The monoisotopic (exact) mass is 401 g/mol. The number of rotatable bonds is 3. The first kappa shape index (κ1) is 16.0. The van der Waals surface area contributed by atoms with Gasteiger partial charge in [0.15, 0.2) is 0 Å². The predicted molar refractivity (Wildman–Crippen MR) is 98.3 cm³/mol. The number of hydrogen-bond acceptors (Lipinski definition) is 4. The highest BCUT2D eigenvalue weighted by Gasteiger charge is 2.24. The zero-order chi connectivity index (χ0) is 17.6. The average Bonchev–Trinajstić information content (AvgIpc) is 2.90. The van der Waals surface area contributed by atoms with Gasteiger partial charge in [-0.1, -0.05) is 6.07 Å². The molecule has 0 spiro atoms. The van der Waals surface area contributed by atoms with Gasteiger partial charge in [0.25, 0.3) is 5.91 Å². The standard InChI is InChI=1S/C18H16BrN3O3/c1-24-14-9-15(25-2)12(19)8-11(14)17-21-13-5-3-4-10-16(13)22(17)7-6-20-18(10)23/h3-5,8-9H,6-7H2,1-2H3,(H,20,23). The normalized spacial score (nSPS) is 13.5. The number of amides is 1. The van der Waals surface area contributed by atoms with Gasteiger partial charge in [-0.25, -0.2) is 4.98 Å². The molecule has 1 aliphatic rings. The van der Waals surface area contributed by atoms with E-state index in [-0.39, 0.29) is 5.91 Å². The molecule has 0 saturated heterocycles. The summed E-state index contributed by atoms with van der Waals surface area (Å²) in [5.41, 5.74) is 3.12. The topological polar surface area (TPSA) is 65.4 Å². The maximum atomic E-state index is 12.3. The lowest BCUT2D eigenvalue weighted by Crippen LogP contribution is -2.24. The zero-order valence-corrected chi connectivity index (χ0v) is 15.4. The number of halogens is 1. The molecule has 0 radical (unpaired) electrons. The number of imidazole rings is 1.